The van der Waals surface area contributed by atoms with Gasteiger partial charge < -0.3 is 15.2 Å². The van der Waals surface area contributed by atoms with Crippen LogP contribution in [0.15, 0.2) is 30.3 Å². The van der Waals surface area contributed by atoms with Crippen molar-refractivity contribution >= 4 is 11.9 Å². The summed E-state index contributed by atoms with van der Waals surface area (Å²) < 4.78 is 42.4. The number of rotatable bonds is 6. The molecule has 0 saturated carbocycles. The van der Waals surface area contributed by atoms with E-state index in [2.05, 4.69) is 5.32 Å². The fourth-order valence-electron chi connectivity index (χ4n) is 1.62. The Morgan fingerprint density at radius 1 is 1.26 bits per heavy atom. The van der Waals surface area contributed by atoms with Crippen molar-refractivity contribution in [3.05, 3.63) is 35.9 Å². The lowest BCUT2D eigenvalue weighted by Crippen LogP contribution is -2.48. The maximum Gasteiger partial charge on any atom is 0.417 e. The normalized spacial score (nSPS) is 15.4. The van der Waals surface area contributed by atoms with Gasteiger partial charge in [-0.1, -0.05) is 30.3 Å². The van der Waals surface area contributed by atoms with E-state index in [-0.39, 0.29) is 6.61 Å². The largest absolute Gasteiger partial charge is 0.459 e. The molecule has 0 aliphatic rings. The second-order valence-electron chi connectivity index (χ2n) is 5.33. The van der Waals surface area contributed by atoms with E-state index in [1.165, 1.54) is 6.92 Å². The highest BCUT2D eigenvalue weighted by Gasteiger charge is 2.51. The summed E-state index contributed by atoms with van der Waals surface area (Å²) in [5.74, 6) is -1.88. The molecule has 2 N–H and O–H groups in total. The monoisotopic (exact) mass is 333 g/mol. The minimum atomic E-state index is -4.94. The van der Waals surface area contributed by atoms with Gasteiger partial charge in [-0.05, 0) is 19.4 Å². The van der Waals surface area contributed by atoms with Crippen LogP contribution in [-0.2, 0) is 20.9 Å². The van der Waals surface area contributed by atoms with Crippen molar-refractivity contribution in [2.75, 3.05) is 0 Å². The average molecular weight is 333 g/mol. The van der Waals surface area contributed by atoms with Crippen molar-refractivity contribution in [3.63, 3.8) is 0 Å². The molecule has 128 valence electrons. The SMILES string of the molecule is CC(NC(=O)CC(C)(O)C(F)(F)F)C(=O)OCc1ccccc1. The van der Waals surface area contributed by atoms with E-state index in [0.717, 1.165) is 5.56 Å². The lowest BCUT2D eigenvalue weighted by atomic mass is 10.0. The molecule has 1 aromatic rings. The zero-order valence-corrected chi connectivity index (χ0v) is 12.7. The van der Waals surface area contributed by atoms with Gasteiger partial charge in [0.25, 0.3) is 0 Å². The first-order valence-electron chi connectivity index (χ1n) is 6.82. The number of esters is 1. The van der Waals surface area contributed by atoms with E-state index >= 15 is 0 Å². The van der Waals surface area contributed by atoms with Crippen LogP contribution in [0, 0.1) is 0 Å². The van der Waals surface area contributed by atoms with Crippen molar-refractivity contribution in [1.82, 2.24) is 5.32 Å². The van der Waals surface area contributed by atoms with E-state index in [0.29, 0.717) is 6.92 Å². The summed E-state index contributed by atoms with van der Waals surface area (Å²) in [6, 6.07) is 7.64. The highest BCUT2D eigenvalue weighted by atomic mass is 19.4. The first-order chi connectivity index (χ1) is 10.5. The molecule has 5 nitrogen and oxygen atoms in total. The highest BCUT2D eigenvalue weighted by Crippen LogP contribution is 2.32. The molecule has 0 heterocycles. The van der Waals surface area contributed by atoms with Crippen LogP contribution in [0.2, 0.25) is 0 Å². The van der Waals surface area contributed by atoms with Gasteiger partial charge in [0.15, 0.2) is 5.60 Å². The molecule has 23 heavy (non-hydrogen) atoms. The maximum absolute atomic E-state index is 12.5. The van der Waals surface area contributed by atoms with Gasteiger partial charge in [-0.3, -0.25) is 4.79 Å². The molecular weight excluding hydrogens is 315 g/mol. The summed E-state index contributed by atoms with van der Waals surface area (Å²) in [6.07, 6.45) is -6.14. The van der Waals surface area contributed by atoms with Crippen LogP contribution in [-0.4, -0.2) is 34.8 Å². The smallest absolute Gasteiger partial charge is 0.417 e. The molecule has 0 fully saturated rings. The summed E-state index contributed by atoms with van der Waals surface area (Å²) in [5, 5.41) is 11.3. The van der Waals surface area contributed by atoms with Gasteiger partial charge in [0, 0.05) is 0 Å². The van der Waals surface area contributed by atoms with Crippen LogP contribution in [0.1, 0.15) is 25.8 Å². The van der Waals surface area contributed by atoms with Gasteiger partial charge in [-0.15, -0.1) is 0 Å². The number of alkyl halides is 3. The predicted octanol–water partition coefficient (Wildman–Crippen LogP) is 1.94. The number of carbonyl (C=O) groups is 2. The van der Waals surface area contributed by atoms with E-state index in [9.17, 15) is 27.9 Å². The van der Waals surface area contributed by atoms with Crippen LogP contribution >= 0.6 is 0 Å². The first kappa shape index (κ1) is 19.0. The Hall–Kier alpha value is -2.09. The molecule has 1 rings (SSSR count). The Morgan fingerprint density at radius 2 is 1.83 bits per heavy atom. The molecule has 0 aliphatic carbocycles. The van der Waals surface area contributed by atoms with E-state index in [1.807, 2.05) is 0 Å². The summed E-state index contributed by atoms with van der Waals surface area (Å²) in [6.45, 7) is 1.76. The number of nitrogens with one attached hydrogen (secondary N) is 1. The third-order valence-corrected chi connectivity index (χ3v) is 3.07. The number of carbonyl (C=O) groups excluding carboxylic acids is 2. The maximum atomic E-state index is 12.5. The van der Waals surface area contributed by atoms with Crippen LogP contribution in [0.5, 0.6) is 0 Å². The Morgan fingerprint density at radius 3 is 2.35 bits per heavy atom. The second-order valence-corrected chi connectivity index (χ2v) is 5.33. The molecule has 0 spiro atoms. The summed E-state index contributed by atoms with van der Waals surface area (Å²) >= 11 is 0. The number of halogens is 3. The molecule has 8 heteroatoms. The van der Waals surface area contributed by atoms with Gasteiger partial charge in [0.1, 0.15) is 12.6 Å². The Balaban J connectivity index is 2.47. The number of benzene rings is 1. The summed E-state index contributed by atoms with van der Waals surface area (Å²) in [5.41, 5.74) is -2.43. The van der Waals surface area contributed by atoms with Gasteiger partial charge in [0.05, 0.1) is 6.42 Å². The molecule has 0 saturated heterocycles. The summed E-state index contributed by atoms with van der Waals surface area (Å²) in [4.78, 5) is 23.2. The zero-order valence-electron chi connectivity index (χ0n) is 12.7. The molecule has 1 aromatic carbocycles. The Kier molecular flexibility index (Phi) is 6.14. The van der Waals surface area contributed by atoms with Crippen molar-refractivity contribution < 1.29 is 32.6 Å². The van der Waals surface area contributed by atoms with Gasteiger partial charge >= 0.3 is 12.1 Å². The standard InChI is InChI=1S/C15H18F3NO4/c1-10(13(21)23-9-11-6-4-3-5-7-11)19-12(20)8-14(2,22)15(16,17)18/h3-7,10,22H,8-9H2,1-2H3,(H,19,20). The van der Waals surface area contributed by atoms with Crippen LogP contribution in [0.4, 0.5) is 13.2 Å². The zero-order chi connectivity index (χ0) is 17.7. The van der Waals surface area contributed by atoms with Crippen LogP contribution in [0.25, 0.3) is 0 Å². The molecule has 2 atom stereocenters. The Bertz CT molecular complexity index is 543. The topological polar surface area (TPSA) is 75.6 Å². The number of hydrogen-bond acceptors (Lipinski definition) is 4. The van der Waals surface area contributed by atoms with Crippen LogP contribution < -0.4 is 5.32 Å². The average Bonchev–Trinajstić information content (AvgIpc) is 2.43. The number of amides is 1. The van der Waals surface area contributed by atoms with Crippen LogP contribution in [0.3, 0.4) is 0 Å². The molecule has 2 unspecified atom stereocenters. The lowest BCUT2D eigenvalue weighted by Gasteiger charge is -2.26. The molecule has 0 aromatic heterocycles. The lowest BCUT2D eigenvalue weighted by molar-refractivity contribution is -0.253. The fraction of sp³-hybridized carbons (Fsp3) is 0.467. The number of ether oxygens (including phenoxy) is 1. The van der Waals surface area contributed by atoms with Gasteiger partial charge in [-0.2, -0.15) is 13.2 Å². The Labute approximate surface area is 131 Å². The second kappa shape index (κ2) is 7.45. The summed E-state index contributed by atoms with van der Waals surface area (Å²) in [7, 11) is 0. The van der Waals surface area contributed by atoms with Crippen molar-refractivity contribution in [2.24, 2.45) is 0 Å². The number of hydrogen-bond donors (Lipinski definition) is 2. The van der Waals surface area contributed by atoms with E-state index in [1.54, 1.807) is 30.3 Å². The van der Waals surface area contributed by atoms with Gasteiger partial charge in [0.2, 0.25) is 5.91 Å². The fourth-order valence-corrected chi connectivity index (χ4v) is 1.62. The minimum Gasteiger partial charge on any atom is -0.459 e. The highest BCUT2D eigenvalue weighted by molar-refractivity contribution is 5.84. The minimum absolute atomic E-state index is 0.0137. The molecule has 1 amide bonds. The van der Waals surface area contributed by atoms with E-state index < -0.39 is 36.1 Å². The molecule has 0 aliphatic heterocycles. The predicted molar refractivity (Wildman–Crippen MR) is 75.1 cm³/mol. The molecular formula is C15H18F3NO4. The van der Waals surface area contributed by atoms with Crippen molar-refractivity contribution in [1.29, 1.82) is 0 Å². The van der Waals surface area contributed by atoms with Crippen molar-refractivity contribution in [2.45, 2.75) is 44.7 Å². The third-order valence-electron chi connectivity index (χ3n) is 3.07. The quantitative estimate of drug-likeness (QED) is 0.780. The van der Waals surface area contributed by atoms with E-state index in [4.69, 9.17) is 4.74 Å². The first-order valence-corrected chi connectivity index (χ1v) is 6.82. The molecule has 0 bridgehead atoms. The third kappa shape index (κ3) is 5.90. The van der Waals surface area contributed by atoms with Gasteiger partial charge in [-0.25, -0.2) is 4.79 Å². The number of aliphatic hydroxyl groups is 1. The molecule has 0 radical (unpaired) electrons. The van der Waals surface area contributed by atoms with Crippen molar-refractivity contribution in [3.8, 4) is 0 Å².